The Labute approximate surface area is 129 Å². The highest BCUT2D eigenvalue weighted by molar-refractivity contribution is 5.17. The van der Waals surface area contributed by atoms with Crippen LogP contribution >= 0.6 is 0 Å². The van der Waals surface area contributed by atoms with Crippen molar-refractivity contribution < 1.29 is 4.74 Å². The molecule has 0 radical (unpaired) electrons. The Balaban J connectivity index is 1.60. The van der Waals surface area contributed by atoms with Crippen LogP contribution in [0, 0.1) is 28.6 Å². The largest absolute Gasteiger partial charge is 0.375 e. The second-order valence-corrected chi connectivity index (χ2v) is 8.62. The second kappa shape index (κ2) is 5.56. The second-order valence-electron chi connectivity index (χ2n) is 8.62. The molecule has 0 aromatic carbocycles. The zero-order valence-corrected chi connectivity index (χ0v) is 13.8. The maximum Gasteiger partial charge on any atom is 0.133 e. The van der Waals surface area contributed by atoms with Gasteiger partial charge in [0.15, 0.2) is 0 Å². The normalized spacial score (nSPS) is 35.0. The first-order valence-corrected chi connectivity index (χ1v) is 8.73. The van der Waals surface area contributed by atoms with Crippen LogP contribution in [0.3, 0.4) is 0 Å². The maximum atomic E-state index is 9.76. The molecule has 3 aliphatic carbocycles. The molecular formula is C18H30N2O. The summed E-state index contributed by atoms with van der Waals surface area (Å²) in [6, 6.07) is 3.15. The van der Waals surface area contributed by atoms with E-state index in [0.717, 1.165) is 18.8 Å². The number of nitriles is 1. The van der Waals surface area contributed by atoms with Gasteiger partial charge in [-0.05, 0) is 62.2 Å². The topological polar surface area (TPSA) is 45.0 Å². The van der Waals surface area contributed by atoms with Crippen LogP contribution in [-0.4, -0.2) is 24.3 Å². The first-order valence-electron chi connectivity index (χ1n) is 8.73. The molecule has 0 heterocycles. The summed E-state index contributed by atoms with van der Waals surface area (Å²) in [6.45, 7) is 7.61. The van der Waals surface area contributed by atoms with E-state index < -0.39 is 5.54 Å². The third-order valence-corrected chi connectivity index (χ3v) is 5.41. The zero-order chi connectivity index (χ0) is 15.1. The van der Waals surface area contributed by atoms with E-state index in [-0.39, 0.29) is 0 Å². The fourth-order valence-electron chi connectivity index (χ4n) is 4.24. The molecule has 0 saturated heterocycles. The Morgan fingerprint density at radius 3 is 2.48 bits per heavy atom. The molecule has 3 aliphatic rings. The van der Waals surface area contributed by atoms with Crippen LogP contribution in [0.4, 0.5) is 0 Å². The quantitative estimate of drug-likeness (QED) is 0.812. The van der Waals surface area contributed by atoms with Crippen LogP contribution < -0.4 is 5.32 Å². The standard InChI is InChI=1S/C18H30N2O/c1-13-8-16(10-17(2,3)9-13)21-12-18(11-19,14-4-5-14)20-15-6-7-15/h13-16,20H,4-10,12H2,1-3H3. The minimum Gasteiger partial charge on any atom is -0.375 e. The van der Waals surface area contributed by atoms with Gasteiger partial charge in [-0.1, -0.05) is 20.8 Å². The average molecular weight is 290 g/mol. The fourth-order valence-corrected chi connectivity index (χ4v) is 4.24. The van der Waals surface area contributed by atoms with E-state index in [1.54, 1.807) is 0 Å². The lowest BCUT2D eigenvalue weighted by Gasteiger charge is -2.40. The summed E-state index contributed by atoms with van der Waals surface area (Å²) in [5, 5.41) is 13.4. The Bertz CT molecular complexity index is 419. The first-order chi connectivity index (χ1) is 9.92. The third-order valence-electron chi connectivity index (χ3n) is 5.41. The van der Waals surface area contributed by atoms with E-state index in [4.69, 9.17) is 4.74 Å². The molecule has 21 heavy (non-hydrogen) atoms. The summed E-state index contributed by atoms with van der Waals surface area (Å²) in [4.78, 5) is 0. The molecule has 3 rings (SSSR count). The SMILES string of the molecule is CC1CC(OCC(C#N)(NC2CC2)C2CC2)CC(C)(C)C1. The molecule has 0 aromatic heterocycles. The van der Waals surface area contributed by atoms with Crippen molar-refractivity contribution >= 4 is 0 Å². The molecule has 0 aliphatic heterocycles. The fraction of sp³-hybridized carbons (Fsp3) is 0.944. The van der Waals surface area contributed by atoms with Gasteiger partial charge in [-0.15, -0.1) is 0 Å². The lowest BCUT2D eigenvalue weighted by Crippen LogP contribution is -2.52. The van der Waals surface area contributed by atoms with E-state index in [2.05, 4.69) is 32.2 Å². The highest BCUT2D eigenvalue weighted by Crippen LogP contribution is 2.43. The van der Waals surface area contributed by atoms with Crippen molar-refractivity contribution in [3.8, 4) is 6.07 Å². The highest BCUT2D eigenvalue weighted by Gasteiger charge is 2.49. The van der Waals surface area contributed by atoms with Crippen LogP contribution in [0.25, 0.3) is 0 Å². The summed E-state index contributed by atoms with van der Waals surface area (Å²) < 4.78 is 6.29. The molecule has 1 N–H and O–H groups in total. The Hall–Kier alpha value is -0.590. The van der Waals surface area contributed by atoms with Crippen LogP contribution in [0.15, 0.2) is 0 Å². The monoisotopic (exact) mass is 290 g/mol. The molecule has 3 nitrogen and oxygen atoms in total. The molecule has 3 saturated carbocycles. The number of ether oxygens (including phenoxy) is 1. The van der Waals surface area contributed by atoms with Gasteiger partial charge in [0.05, 0.1) is 18.8 Å². The van der Waals surface area contributed by atoms with Gasteiger partial charge in [0, 0.05) is 6.04 Å². The van der Waals surface area contributed by atoms with Gasteiger partial charge in [-0.2, -0.15) is 5.26 Å². The molecule has 0 amide bonds. The van der Waals surface area contributed by atoms with E-state index in [0.29, 0.717) is 30.1 Å². The smallest absolute Gasteiger partial charge is 0.133 e. The molecule has 3 heteroatoms. The van der Waals surface area contributed by atoms with Crippen molar-refractivity contribution in [1.29, 1.82) is 5.26 Å². The summed E-state index contributed by atoms with van der Waals surface area (Å²) in [5.41, 5.74) is -0.0346. The number of hydrogen-bond donors (Lipinski definition) is 1. The molecule has 0 bridgehead atoms. The van der Waals surface area contributed by atoms with Crippen molar-refractivity contribution in [3.05, 3.63) is 0 Å². The van der Waals surface area contributed by atoms with E-state index >= 15 is 0 Å². The third kappa shape index (κ3) is 3.79. The molecule has 118 valence electrons. The Kier molecular flexibility index (Phi) is 4.05. The number of hydrogen-bond acceptors (Lipinski definition) is 3. The number of nitrogens with zero attached hydrogens (tertiary/aromatic N) is 1. The lowest BCUT2D eigenvalue weighted by molar-refractivity contribution is -0.0422. The maximum absolute atomic E-state index is 9.76. The first kappa shape index (κ1) is 15.3. The lowest BCUT2D eigenvalue weighted by atomic mass is 9.71. The predicted octanol–water partition coefficient (Wildman–Crippen LogP) is 3.64. The molecule has 3 atom stereocenters. The minimum absolute atomic E-state index is 0.330. The van der Waals surface area contributed by atoms with Crippen LogP contribution in [-0.2, 0) is 4.74 Å². The predicted molar refractivity (Wildman–Crippen MR) is 83.8 cm³/mol. The van der Waals surface area contributed by atoms with Crippen molar-refractivity contribution in [2.75, 3.05) is 6.61 Å². The van der Waals surface area contributed by atoms with Crippen molar-refractivity contribution in [1.82, 2.24) is 5.32 Å². The minimum atomic E-state index is -0.411. The van der Waals surface area contributed by atoms with Crippen molar-refractivity contribution in [3.63, 3.8) is 0 Å². The van der Waals surface area contributed by atoms with Gasteiger partial charge >= 0.3 is 0 Å². The van der Waals surface area contributed by atoms with Gasteiger partial charge in [-0.3, -0.25) is 5.32 Å². The molecular weight excluding hydrogens is 260 g/mol. The highest BCUT2D eigenvalue weighted by atomic mass is 16.5. The van der Waals surface area contributed by atoms with E-state index in [1.165, 1.54) is 32.1 Å². The summed E-state index contributed by atoms with van der Waals surface area (Å²) in [6.07, 6.45) is 8.72. The van der Waals surface area contributed by atoms with Gasteiger partial charge in [0.25, 0.3) is 0 Å². The molecule has 3 unspecified atom stereocenters. The number of rotatable bonds is 6. The average Bonchev–Trinajstić information content (AvgIpc) is 3.24. The summed E-state index contributed by atoms with van der Waals surface area (Å²) in [5.74, 6) is 1.24. The van der Waals surface area contributed by atoms with Crippen molar-refractivity contribution in [2.45, 2.75) is 83.4 Å². The van der Waals surface area contributed by atoms with Gasteiger partial charge < -0.3 is 4.74 Å². The van der Waals surface area contributed by atoms with E-state index in [1.807, 2.05) is 0 Å². The van der Waals surface area contributed by atoms with Crippen LogP contribution in [0.5, 0.6) is 0 Å². The van der Waals surface area contributed by atoms with Crippen molar-refractivity contribution in [2.24, 2.45) is 17.3 Å². The summed E-state index contributed by atoms with van der Waals surface area (Å²) >= 11 is 0. The molecule has 3 fully saturated rings. The Morgan fingerprint density at radius 1 is 1.24 bits per heavy atom. The van der Waals surface area contributed by atoms with Crippen LogP contribution in [0.1, 0.15) is 65.7 Å². The van der Waals surface area contributed by atoms with Gasteiger partial charge in [0.2, 0.25) is 0 Å². The van der Waals surface area contributed by atoms with Crippen LogP contribution in [0.2, 0.25) is 0 Å². The molecule has 0 spiro atoms. The number of nitrogens with one attached hydrogen (secondary N) is 1. The molecule has 0 aromatic rings. The Morgan fingerprint density at radius 2 is 1.95 bits per heavy atom. The van der Waals surface area contributed by atoms with Gasteiger partial charge in [0.1, 0.15) is 5.54 Å². The zero-order valence-electron chi connectivity index (χ0n) is 13.8. The van der Waals surface area contributed by atoms with E-state index in [9.17, 15) is 5.26 Å². The summed E-state index contributed by atoms with van der Waals surface area (Å²) in [7, 11) is 0. The van der Waals surface area contributed by atoms with Gasteiger partial charge in [-0.25, -0.2) is 0 Å².